The number of rotatable bonds is 5. The molecule has 0 amide bonds. The van der Waals surface area contributed by atoms with Crippen LogP contribution in [-0.4, -0.2) is 42.7 Å². The molecular weight excluding hydrogens is 222 g/mol. The molecule has 2 N–H and O–H groups in total. The van der Waals surface area contributed by atoms with E-state index in [1.54, 1.807) is 0 Å². The van der Waals surface area contributed by atoms with Gasteiger partial charge in [0.05, 0.1) is 12.7 Å². The summed E-state index contributed by atoms with van der Waals surface area (Å²) in [5.41, 5.74) is 0. The fourth-order valence-electron chi connectivity index (χ4n) is 2.42. The highest BCUT2D eigenvalue weighted by atomic mass is 16.7. The lowest BCUT2D eigenvalue weighted by Crippen LogP contribution is -2.37. The third-order valence-corrected chi connectivity index (χ3v) is 3.38. The van der Waals surface area contributed by atoms with Crippen LogP contribution in [0.1, 0.15) is 38.5 Å². The average Bonchev–Trinajstić information content (AvgIpc) is 2.75. The summed E-state index contributed by atoms with van der Waals surface area (Å²) in [7, 11) is 0. The molecule has 0 aliphatic carbocycles. The van der Waals surface area contributed by atoms with Crippen LogP contribution in [0.25, 0.3) is 0 Å². The van der Waals surface area contributed by atoms with Crippen LogP contribution in [0.15, 0.2) is 0 Å². The van der Waals surface area contributed by atoms with Gasteiger partial charge in [-0.15, -0.1) is 0 Å². The molecule has 5 heteroatoms. The number of carboxylic acids is 1. The van der Waals surface area contributed by atoms with Gasteiger partial charge in [0.1, 0.15) is 0 Å². The maximum absolute atomic E-state index is 10.4. The summed E-state index contributed by atoms with van der Waals surface area (Å²) in [5, 5.41) is 12.1. The molecule has 0 aromatic carbocycles. The fraction of sp³-hybridized carbons (Fsp3) is 0.917. The van der Waals surface area contributed by atoms with Gasteiger partial charge >= 0.3 is 5.97 Å². The van der Waals surface area contributed by atoms with Gasteiger partial charge in [-0.1, -0.05) is 6.42 Å². The molecule has 2 fully saturated rings. The van der Waals surface area contributed by atoms with E-state index >= 15 is 0 Å². The van der Waals surface area contributed by atoms with E-state index in [2.05, 4.69) is 5.32 Å². The van der Waals surface area contributed by atoms with Crippen molar-refractivity contribution in [1.82, 2.24) is 5.32 Å². The lowest BCUT2D eigenvalue weighted by Gasteiger charge is -2.25. The van der Waals surface area contributed by atoms with Crippen LogP contribution in [0.5, 0.6) is 0 Å². The zero-order valence-electron chi connectivity index (χ0n) is 10.1. The van der Waals surface area contributed by atoms with Crippen molar-refractivity contribution in [2.75, 3.05) is 13.2 Å². The number of carboxylic acid groups (broad SMARTS) is 1. The monoisotopic (exact) mass is 243 g/mol. The van der Waals surface area contributed by atoms with Gasteiger partial charge in [0, 0.05) is 18.9 Å². The highest BCUT2D eigenvalue weighted by molar-refractivity contribution is 5.66. The Bertz CT molecular complexity index is 253. The Balaban J connectivity index is 1.64. The zero-order chi connectivity index (χ0) is 12.1. The van der Waals surface area contributed by atoms with E-state index in [9.17, 15) is 4.79 Å². The number of nitrogens with one attached hydrogen (secondary N) is 1. The summed E-state index contributed by atoms with van der Waals surface area (Å²) in [6.45, 7) is 1.62. The molecule has 0 saturated carbocycles. The summed E-state index contributed by atoms with van der Waals surface area (Å²) in [6.07, 6.45) is 5.10. The van der Waals surface area contributed by atoms with Crippen LogP contribution >= 0.6 is 0 Å². The second-order valence-corrected chi connectivity index (χ2v) is 4.84. The third kappa shape index (κ3) is 4.26. The summed E-state index contributed by atoms with van der Waals surface area (Å²) in [6, 6.07) is 0.493. The predicted molar refractivity (Wildman–Crippen MR) is 61.7 cm³/mol. The third-order valence-electron chi connectivity index (χ3n) is 3.38. The SMILES string of the molecule is O=C(O)CCC1COC(CC2CCCCN2)O1. The second-order valence-electron chi connectivity index (χ2n) is 4.84. The van der Waals surface area contributed by atoms with E-state index in [1.165, 1.54) is 19.3 Å². The summed E-state index contributed by atoms with van der Waals surface area (Å²) in [5.74, 6) is -0.772. The van der Waals surface area contributed by atoms with Gasteiger partial charge in [-0.3, -0.25) is 4.79 Å². The predicted octanol–water partition coefficient (Wildman–Crippen LogP) is 1.12. The average molecular weight is 243 g/mol. The van der Waals surface area contributed by atoms with Crippen molar-refractivity contribution in [2.24, 2.45) is 0 Å². The standard InChI is InChI=1S/C12H21NO4/c14-11(15)5-4-10-8-16-12(17-10)7-9-3-1-2-6-13-9/h9-10,12-13H,1-8H2,(H,14,15). The largest absolute Gasteiger partial charge is 0.481 e. The molecule has 2 rings (SSSR count). The van der Waals surface area contributed by atoms with Crippen molar-refractivity contribution in [3.63, 3.8) is 0 Å². The lowest BCUT2D eigenvalue weighted by molar-refractivity contribution is -0.138. The number of hydrogen-bond acceptors (Lipinski definition) is 4. The van der Waals surface area contributed by atoms with E-state index < -0.39 is 5.97 Å². The Hall–Kier alpha value is -0.650. The normalized spacial score (nSPS) is 33.8. The number of ether oxygens (including phenoxy) is 2. The summed E-state index contributed by atoms with van der Waals surface area (Å²) in [4.78, 5) is 10.4. The molecular formula is C12H21NO4. The topological polar surface area (TPSA) is 67.8 Å². The Morgan fingerprint density at radius 2 is 2.29 bits per heavy atom. The molecule has 17 heavy (non-hydrogen) atoms. The van der Waals surface area contributed by atoms with Gasteiger partial charge in [0.25, 0.3) is 0 Å². The van der Waals surface area contributed by atoms with E-state index in [-0.39, 0.29) is 18.8 Å². The van der Waals surface area contributed by atoms with Gasteiger partial charge in [-0.05, 0) is 25.8 Å². The maximum Gasteiger partial charge on any atom is 0.303 e. The maximum atomic E-state index is 10.4. The minimum Gasteiger partial charge on any atom is -0.481 e. The Labute approximate surface area is 101 Å². The molecule has 0 bridgehead atoms. The van der Waals surface area contributed by atoms with E-state index in [0.717, 1.165) is 13.0 Å². The molecule has 2 heterocycles. The van der Waals surface area contributed by atoms with Crippen molar-refractivity contribution in [2.45, 2.75) is 57.0 Å². The molecule has 2 saturated heterocycles. The molecule has 0 aromatic rings. The van der Waals surface area contributed by atoms with Crippen LogP contribution < -0.4 is 5.32 Å². The highest BCUT2D eigenvalue weighted by Crippen LogP contribution is 2.22. The molecule has 0 spiro atoms. The van der Waals surface area contributed by atoms with E-state index in [0.29, 0.717) is 19.1 Å². The van der Waals surface area contributed by atoms with Gasteiger partial charge < -0.3 is 19.9 Å². The molecule has 5 nitrogen and oxygen atoms in total. The number of carbonyl (C=O) groups is 1. The molecule has 2 aliphatic heterocycles. The number of piperidine rings is 1. The van der Waals surface area contributed by atoms with Crippen LogP contribution in [0.3, 0.4) is 0 Å². The van der Waals surface area contributed by atoms with Gasteiger partial charge in [-0.25, -0.2) is 0 Å². The Morgan fingerprint density at radius 3 is 3.00 bits per heavy atom. The van der Waals surface area contributed by atoms with Crippen LogP contribution in [-0.2, 0) is 14.3 Å². The smallest absolute Gasteiger partial charge is 0.303 e. The molecule has 3 unspecified atom stereocenters. The van der Waals surface area contributed by atoms with E-state index in [1.807, 2.05) is 0 Å². The minimum absolute atomic E-state index is 0.0420. The summed E-state index contributed by atoms with van der Waals surface area (Å²) >= 11 is 0. The number of aliphatic carboxylic acids is 1. The molecule has 0 aromatic heterocycles. The first-order valence-corrected chi connectivity index (χ1v) is 6.46. The quantitative estimate of drug-likeness (QED) is 0.757. The van der Waals surface area contributed by atoms with Gasteiger partial charge in [-0.2, -0.15) is 0 Å². The number of hydrogen-bond donors (Lipinski definition) is 2. The Kier molecular flexibility index (Phi) is 4.76. The van der Waals surface area contributed by atoms with Crippen LogP contribution in [0.2, 0.25) is 0 Å². The lowest BCUT2D eigenvalue weighted by atomic mass is 10.0. The first-order chi connectivity index (χ1) is 8.24. The summed E-state index contributed by atoms with van der Waals surface area (Å²) < 4.78 is 11.2. The van der Waals surface area contributed by atoms with Crippen molar-refractivity contribution in [3.05, 3.63) is 0 Å². The second kappa shape index (κ2) is 6.33. The Morgan fingerprint density at radius 1 is 1.41 bits per heavy atom. The van der Waals surface area contributed by atoms with Crippen molar-refractivity contribution >= 4 is 5.97 Å². The zero-order valence-corrected chi connectivity index (χ0v) is 10.1. The first kappa shape index (κ1) is 12.8. The minimum atomic E-state index is -0.772. The fourth-order valence-corrected chi connectivity index (χ4v) is 2.42. The van der Waals surface area contributed by atoms with Gasteiger partial charge in [0.15, 0.2) is 6.29 Å². The van der Waals surface area contributed by atoms with Crippen molar-refractivity contribution < 1.29 is 19.4 Å². The van der Waals surface area contributed by atoms with Crippen LogP contribution in [0.4, 0.5) is 0 Å². The van der Waals surface area contributed by atoms with Crippen LogP contribution in [0, 0.1) is 0 Å². The highest BCUT2D eigenvalue weighted by Gasteiger charge is 2.28. The first-order valence-electron chi connectivity index (χ1n) is 6.46. The van der Waals surface area contributed by atoms with Gasteiger partial charge in [0.2, 0.25) is 0 Å². The molecule has 2 aliphatic rings. The van der Waals surface area contributed by atoms with Crippen molar-refractivity contribution in [3.8, 4) is 0 Å². The molecule has 0 radical (unpaired) electrons. The molecule has 98 valence electrons. The van der Waals surface area contributed by atoms with Crippen molar-refractivity contribution in [1.29, 1.82) is 0 Å². The molecule has 3 atom stereocenters. The van der Waals surface area contributed by atoms with E-state index in [4.69, 9.17) is 14.6 Å².